The zero-order chi connectivity index (χ0) is 9.78. The normalized spacial score (nSPS) is 15.1. The highest BCUT2D eigenvalue weighted by molar-refractivity contribution is 7.86. The Hall–Kier alpha value is 0.180. The molecule has 1 atom stereocenters. The molecular weight excluding hydrogens is 198 g/mol. The first-order valence-electron chi connectivity index (χ1n) is 3.49. The molecule has 12 heavy (non-hydrogen) atoms. The van der Waals surface area contributed by atoms with Gasteiger partial charge in [0.15, 0.2) is 0 Å². The van der Waals surface area contributed by atoms with Gasteiger partial charge in [-0.15, -0.1) is 0 Å². The number of rotatable bonds is 5. The maximum Gasteiger partial charge on any atom is 0.276 e. The van der Waals surface area contributed by atoms with E-state index in [2.05, 4.69) is 17.9 Å². The van der Waals surface area contributed by atoms with Crippen LogP contribution in [-0.4, -0.2) is 38.2 Å². The maximum absolute atomic E-state index is 10.7. The van der Waals surface area contributed by atoms with Crippen LogP contribution in [0.3, 0.4) is 0 Å². The van der Waals surface area contributed by atoms with Crippen LogP contribution in [0.1, 0.15) is 6.92 Å². The minimum atomic E-state index is -3.53. The molecule has 0 aliphatic heterocycles. The summed E-state index contributed by atoms with van der Waals surface area (Å²) in [6.07, 6.45) is 0. The fraction of sp³-hybridized carbons (Fsp3) is 1.00. The van der Waals surface area contributed by atoms with Crippen molar-refractivity contribution in [1.82, 2.24) is 9.62 Å². The molecule has 0 aliphatic rings. The van der Waals surface area contributed by atoms with Crippen molar-refractivity contribution in [3.63, 3.8) is 0 Å². The first kappa shape index (κ1) is 12.2. The van der Waals surface area contributed by atoms with Gasteiger partial charge in [0.2, 0.25) is 0 Å². The second-order valence-corrected chi connectivity index (χ2v) is 4.92. The lowest BCUT2D eigenvalue weighted by atomic mass is 10.6. The Bertz CT molecular complexity index is 215. The van der Waals surface area contributed by atoms with Crippen molar-refractivity contribution in [3.05, 3.63) is 0 Å². The third kappa shape index (κ3) is 5.78. The molecule has 0 saturated carbocycles. The zero-order valence-corrected chi connectivity index (χ0v) is 8.90. The standard InChI is InChI=1S/C5H15N3O2S2/c1-5(11)7-3-4-8(2)12(6,9)10/h5,7,11H,3-4H2,1-2H3,(H2,6,9,10). The van der Waals surface area contributed by atoms with Gasteiger partial charge in [-0.05, 0) is 6.92 Å². The van der Waals surface area contributed by atoms with Crippen LogP contribution in [-0.2, 0) is 10.2 Å². The van der Waals surface area contributed by atoms with Crippen molar-refractivity contribution in [2.75, 3.05) is 20.1 Å². The first-order valence-corrected chi connectivity index (χ1v) is 5.51. The number of thiol groups is 1. The summed E-state index contributed by atoms with van der Waals surface area (Å²) in [7, 11) is -2.10. The number of hydrogen-bond donors (Lipinski definition) is 3. The monoisotopic (exact) mass is 213 g/mol. The van der Waals surface area contributed by atoms with Gasteiger partial charge < -0.3 is 5.32 Å². The predicted octanol–water partition coefficient (Wildman–Crippen LogP) is -1.01. The SMILES string of the molecule is CC(S)NCCN(C)S(N)(=O)=O. The van der Waals surface area contributed by atoms with E-state index in [9.17, 15) is 8.42 Å². The van der Waals surface area contributed by atoms with E-state index in [0.29, 0.717) is 13.1 Å². The van der Waals surface area contributed by atoms with Crippen LogP contribution in [0.2, 0.25) is 0 Å². The topological polar surface area (TPSA) is 75.4 Å². The molecule has 0 radical (unpaired) electrons. The molecule has 0 aliphatic carbocycles. The molecule has 0 aromatic heterocycles. The average Bonchev–Trinajstić information content (AvgIpc) is 1.84. The second kappa shape index (κ2) is 5.03. The zero-order valence-electron chi connectivity index (χ0n) is 7.19. The van der Waals surface area contributed by atoms with Crippen molar-refractivity contribution in [3.8, 4) is 0 Å². The van der Waals surface area contributed by atoms with E-state index in [4.69, 9.17) is 5.14 Å². The van der Waals surface area contributed by atoms with Gasteiger partial charge in [-0.1, -0.05) is 0 Å². The summed E-state index contributed by atoms with van der Waals surface area (Å²) in [6, 6.07) is 0. The molecular formula is C5H15N3O2S2. The number of likely N-dealkylation sites (N-methyl/N-ethyl adjacent to an activating group) is 1. The van der Waals surface area contributed by atoms with Crippen LogP contribution >= 0.6 is 12.6 Å². The maximum atomic E-state index is 10.7. The molecule has 74 valence electrons. The van der Waals surface area contributed by atoms with Gasteiger partial charge in [0, 0.05) is 25.5 Å². The van der Waals surface area contributed by atoms with Crippen LogP contribution in [0.15, 0.2) is 0 Å². The highest BCUT2D eigenvalue weighted by Gasteiger charge is 2.09. The lowest BCUT2D eigenvalue weighted by Gasteiger charge is -2.14. The van der Waals surface area contributed by atoms with Crippen LogP contribution in [0.4, 0.5) is 0 Å². The van der Waals surface area contributed by atoms with E-state index in [0.717, 1.165) is 4.31 Å². The number of nitrogens with zero attached hydrogens (tertiary/aromatic N) is 1. The molecule has 0 amide bonds. The van der Waals surface area contributed by atoms with E-state index in [-0.39, 0.29) is 5.37 Å². The molecule has 0 bridgehead atoms. The highest BCUT2D eigenvalue weighted by Crippen LogP contribution is 1.89. The number of nitrogens with two attached hydrogens (primary N) is 1. The summed E-state index contributed by atoms with van der Waals surface area (Å²) in [4.78, 5) is 0. The lowest BCUT2D eigenvalue weighted by Crippen LogP contribution is -2.39. The van der Waals surface area contributed by atoms with Gasteiger partial charge in [-0.25, -0.2) is 5.14 Å². The average molecular weight is 213 g/mol. The van der Waals surface area contributed by atoms with Gasteiger partial charge in [0.1, 0.15) is 0 Å². The van der Waals surface area contributed by atoms with Crippen LogP contribution < -0.4 is 10.5 Å². The van der Waals surface area contributed by atoms with Crippen LogP contribution in [0, 0.1) is 0 Å². The first-order chi connectivity index (χ1) is 5.34. The molecule has 0 aromatic rings. The Morgan fingerprint density at radius 3 is 2.50 bits per heavy atom. The predicted molar refractivity (Wildman–Crippen MR) is 52.2 cm³/mol. The van der Waals surface area contributed by atoms with Gasteiger partial charge >= 0.3 is 0 Å². The summed E-state index contributed by atoms with van der Waals surface area (Å²) >= 11 is 4.06. The second-order valence-electron chi connectivity index (χ2n) is 2.50. The smallest absolute Gasteiger partial charge is 0.276 e. The number of hydrogen-bond acceptors (Lipinski definition) is 4. The van der Waals surface area contributed by atoms with E-state index in [1.54, 1.807) is 0 Å². The summed E-state index contributed by atoms with van der Waals surface area (Å²) in [5, 5.41) is 7.85. The fourth-order valence-electron chi connectivity index (χ4n) is 0.558. The minimum Gasteiger partial charge on any atom is -0.304 e. The van der Waals surface area contributed by atoms with E-state index in [1.807, 2.05) is 6.92 Å². The van der Waals surface area contributed by atoms with Crippen molar-refractivity contribution in [2.24, 2.45) is 5.14 Å². The Kier molecular flexibility index (Phi) is 5.10. The Labute approximate surface area is 78.9 Å². The largest absolute Gasteiger partial charge is 0.304 e. The summed E-state index contributed by atoms with van der Waals surface area (Å²) in [5.41, 5.74) is 0. The minimum absolute atomic E-state index is 0.0545. The number of nitrogens with one attached hydrogen (secondary N) is 1. The molecule has 0 heterocycles. The molecule has 7 heteroatoms. The quantitative estimate of drug-likeness (QED) is 0.404. The Morgan fingerprint density at radius 2 is 2.17 bits per heavy atom. The molecule has 1 unspecified atom stereocenters. The van der Waals surface area contributed by atoms with E-state index < -0.39 is 10.2 Å². The molecule has 0 spiro atoms. The Balaban J connectivity index is 3.66. The molecule has 0 aromatic carbocycles. The fourth-order valence-corrected chi connectivity index (χ4v) is 1.03. The van der Waals surface area contributed by atoms with Gasteiger partial charge in [-0.2, -0.15) is 25.4 Å². The highest BCUT2D eigenvalue weighted by atomic mass is 32.2. The third-order valence-corrected chi connectivity index (χ3v) is 2.53. The summed E-state index contributed by atoms with van der Waals surface area (Å²) in [5.74, 6) is 0. The Morgan fingerprint density at radius 1 is 1.67 bits per heavy atom. The third-order valence-electron chi connectivity index (χ3n) is 1.30. The van der Waals surface area contributed by atoms with E-state index >= 15 is 0 Å². The molecule has 0 saturated heterocycles. The molecule has 3 N–H and O–H groups in total. The van der Waals surface area contributed by atoms with Gasteiger partial charge in [0.25, 0.3) is 10.2 Å². The van der Waals surface area contributed by atoms with Crippen molar-refractivity contribution < 1.29 is 8.42 Å². The van der Waals surface area contributed by atoms with Gasteiger partial charge in [-0.3, -0.25) is 0 Å². The summed E-state index contributed by atoms with van der Waals surface area (Å²) < 4.78 is 22.4. The van der Waals surface area contributed by atoms with Gasteiger partial charge in [0.05, 0.1) is 0 Å². The molecule has 0 rings (SSSR count). The van der Waals surface area contributed by atoms with Crippen molar-refractivity contribution in [2.45, 2.75) is 12.3 Å². The molecule has 0 fully saturated rings. The lowest BCUT2D eigenvalue weighted by molar-refractivity contribution is 0.459. The van der Waals surface area contributed by atoms with Crippen molar-refractivity contribution in [1.29, 1.82) is 0 Å². The molecule has 5 nitrogen and oxygen atoms in total. The summed E-state index contributed by atoms with van der Waals surface area (Å²) in [6.45, 7) is 2.75. The van der Waals surface area contributed by atoms with E-state index in [1.165, 1.54) is 7.05 Å². The van der Waals surface area contributed by atoms with Crippen LogP contribution in [0.25, 0.3) is 0 Å². The van der Waals surface area contributed by atoms with Crippen molar-refractivity contribution >= 4 is 22.8 Å². The van der Waals surface area contributed by atoms with Crippen LogP contribution in [0.5, 0.6) is 0 Å².